The van der Waals surface area contributed by atoms with Crippen molar-refractivity contribution in [3.05, 3.63) is 59.7 Å². The Morgan fingerprint density at radius 2 is 1.72 bits per heavy atom. The van der Waals surface area contributed by atoms with Crippen molar-refractivity contribution in [3.63, 3.8) is 0 Å². The number of nitrogens with zero attached hydrogens (tertiary/aromatic N) is 2. The first kappa shape index (κ1) is 21.3. The summed E-state index contributed by atoms with van der Waals surface area (Å²) in [5.41, 5.74) is 1.25. The number of hydrogen-bond donors (Lipinski definition) is 1. The Bertz CT molecular complexity index is 955. The second kappa shape index (κ2) is 8.94. The van der Waals surface area contributed by atoms with E-state index in [1.54, 1.807) is 6.07 Å². The maximum atomic E-state index is 13.2. The number of rotatable bonds is 6. The summed E-state index contributed by atoms with van der Waals surface area (Å²) in [5.74, 6) is -0.101. The monoisotopic (exact) mass is 417 g/mol. The lowest BCUT2D eigenvalue weighted by atomic mass is 10.1. The van der Waals surface area contributed by atoms with Crippen molar-refractivity contribution >= 4 is 15.9 Å². The van der Waals surface area contributed by atoms with Crippen LogP contribution in [0.5, 0.6) is 5.75 Å². The standard InChI is InChI=1S/C21H27N3O4S/c1-16(17-7-5-4-6-8-17)22-21(25)18-9-10-19(28-3)20(15-18)29(26,27)24-13-11-23(2)12-14-24/h4-10,15-16H,11-14H2,1-3H3,(H,22,25)/t16-/m1/s1. The predicted octanol–water partition coefficient (Wildman–Crippen LogP) is 2.12. The van der Waals surface area contributed by atoms with E-state index in [1.165, 1.54) is 23.5 Å². The molecule has 0 radical (unpaired) electrons. The van der Waals surface area contributed by atoms with Crippen LogP contribution < -0.4 is 10.1 Å². The molecule has 1 aliphatic heterocycles. The Kier molecular flexibility index (Phi) is 6.56. The summed E-state index contributed by atoms with van der Waals surface area (Å²) in [6, 6.07) is 13.9. The van der Waals surface area contributed by atoms with Crippen molar-refractivity contribution < 1.29 is 17.9 Å². The molecular weight excluding hydrogens is 390 g/mol. The molecule has 29 heavy (non-hydrogen) atoms. The van der Waals surface area contributed by atoms with Crippen LogP contribution in [0.3, 0.4) is 0 Å². The fraction of sp³-hybridized carbons (Fsp3) is 0.381. The van der Waals surface area contributed by atoms with Gasteiger partial charge in [-0.1, -0.05) is 30.3 Å². The van der Waals surface area contributed by atoms with Gasteiger partial charge in [0.25, 0.3) is 5.91 Å². The molecule has 0 bridgehead atoms. The van der Waals surface area contributed by atoms with E-state index >= 15 is 0 Å². The molecular formula is C21H27N3O4S. The van der Waals surface area contributed by atoms with Gasteiger partial charge in [0.1, 0.15) is 10.6 Å². The predicted molar refractivity (Wildman–Crippen MR) is 112 cm³/mol. The van der Waals surface area contributed by atoms with Crippen molar-refractivity contribution in [1.82, 2.24) is 14.5 Å². The number of methoxy groups -OCH3 is 1. The van der Waals surface area contributed by atoms with Crippen LogP contribution in [0.1, 0.15) is 28.9 Å². The van der Waals surface area contributed by atoms with E-state index in [-0.39, 0.29) is 28.2 Å². The average Bonchev–Trinajstić information content (AvgIpc) is 2.74. The fourth-order valence-electron chi connectivity index (χ4n) is 3.29. The molecule has 7 nitrogen and oxygen atoms in total. The van der Waals surface area contributed by atoms with Crippen LogP contribution in [-0.4, -0.2) is 63.9 Å². The fourth-order valence-corrected chi connectivity index (χ4v) is 4.90. The highest BCUT2D eigenvalue weighted by Gasteiger charge is 2.31. The van der Waals surface area contributed by atoms with Crippen LogP contribution in [0.2, 0.25) is 0 Å². The zero-order valence-electron chi connectivity index (χ0n) is 17.0. The quantitative estimate of drug-likeness (QED) is 0.779. The Labute approximate surface area is 172 Å². The molecule has 0 spiro atoms. The van der Waals surface area contributed by atoms with E-state index in [9.17, 15) is 13.2 Å². The maximum absolute atomic E-state index is 13.2. The van der Waals surface area contributed by atoms with Crippen LogP contribution in [0.15, 0.2) is 53.4 Å². The maximum Gasteiger partial charge on any atom is 0.251 e. The lowest BCUT2D eigenvalue weighted by Gasteiger charge is -2.31. The molecule has 0 aliphatic carbocycles. The highest BCUT2D eigenvalue weighted by molar-refractivity contribution is 7.89. The molecule has 1 heterocycles. The van der Waals surface area contributed by atoms with E-state index in [0.717, 1.165) is 5.56 Å². The smallest absolute Gasteiger partial charge is 0.251 e. The summed E-state index contributed by atoms with van der Waals surface area (Å²) in [6.07, 6.45) is 0. The Hall–Kier alpha value is -2.42. The number of hydrogen-bond acceptors (Lipinski definition) is 5. The first-order chi connectivity index (χ1) is 13.8. The minimum Gasteiger partial charge on any atom is -0.495 e. The molecule has 156 valence electrons. The van der Waals surface area contributed by atoms with Crippen LogP contribution >= 0.6 is 0 Å². The summed E-state index contributed by atoms with van der Waals surface area (Å²) >= 11 is 0. The number of sulfonamides is 1. The third-order valence-corrected chi connectivity index (χ3v) is 7.07. The Morgan fingerprint density at radius 1 is 1.07 bits per heavy atom. The van der Waals surface area contributed by atoms with Gasteiger partial charge in [-0.2, -0.15) is 4.31 Å². The molecule has 1 aliphatic rings. The van der Waals surface area contributed by atoms with Crippen molar-refractivity contribution in [2.45, 2.75) is 17.9 Å². The van der Waals surface area contributed by atoms with Gasteiger partial charge in [-0.15, -0.1) is 0 Å². The lowest BCUT2D eigenvalue weighted by Crippen LogP contribution is -2.47. The van der Waals surface area contributed by atoms with E-state index in [0.29, 0.717) is 26.2 Å². The van der Waals surface area contributed by atoms with Gasteiger partial charge < -0.3 is 15.0 Å². The highest BCUT2D eigenvalue weighted by Crippen LogP contribution is 2.28. The van der Waals surface area contributed by atoms with Gasteiger partial charge in [0.15, 0.2) is 0 Å². The molecule has 1 atom stereocenters. The van der Waals surface area contributed by atoms with Crippen LogP contribution in [0.25, 0.3) is 0 Å². The van der Waals surface area contributed by atoms with Crippen LogP contribution in [0.4, 0.5) is 0 Å². The number of carbonyl (C=O) groups excluding carboxylic acids is 1. The third-order valence-electron chi connectivity index (χ3n) is 5.15. The minimum atomic E-state index is -3.76. The molecule has 1 amide bonds. The normalized spacial score (nSPS) is 16.9. The number of carbonyl (C=O) groups is 1. The molecule has 2 aromatic carbocycles. The molecule has 0 unspecified atom stereocenters. The second-order valence-electron chi connectivity index (χ2n) is 7.18. The van der Waals surface area contributed by atoms with Crippen LogP contribution in [0, 0.1) is 0 Å². The number of likely N-dealkylation sites (N-methyl/N-ethyl adjacent to an activating group) is 1. The Morgan fingerprint density at radius 3 is 2.34 bits per heavy atom. The third kappa shape index (κ3) is 4.77. The number of amides is 1. The van der Waals surface area contributed by atoms with Crippen LogP contribution in [-0.2, 0) is 10.0 Å². The van der Waals surface area contributed by atoms with Crippen molar-refractivity contribution in [2.24, 2.45) is 0 Å². The zero-order chi connectivity index (χ0) is 21.0. The summed E-state index contributed by atoms with van der Waals surface area (Å²) in [7, 11) is -0.375. The summed E-state index contributed by atoms with van der Waals surface area (Å²) in [6.45, 7) is 4.03. The molecule has 1 saturated heterocycles. The van der Waals surface area contributed by atoms with Gasteiger partial charge in [-0.05, 0) is 37.7 Å². The van der Waals surface area contributed by atoms with E-state index < -0.39 is 10.0 Å². The van der Waals surface area contributed by atoms with Gasteiger partial charge in [0.05, 0.1) is 13.2 Å². The largest absolute Gasteiger partial charge is 0.495 e. The molecule has 0 aromatic heterocycles. The van der Waals surface area contributed by atoms with Gasteiger partial charge in [0.2, 0.25) is 10.0 Å². The minimum absolute atomic E-state index is 0.0181. The van der Waals surface area contributed by atoms with E-state index in [1.807, 2.05) is 44.3 Å². The summed E-state index contributed by atoms with van der Waals surface area (Å²) in [5, 5.41) is 2.92. The Balaban J connectivity index is 1.85. The number of ether oxygens (including phenoxy) is 1. The van der Waals surface area contributed by atoms with Crippen molar-refractivity contribution in [3.8, 4) is 5.75 Å². The SMILES string of the molecule is COc1ccc(C(=O)N[C@H](C)c2ccccc2)cc1S(=O)(=O)N1CCN(C)CC1. The van der Waals surface area contributed by atoms with Crippen molar-refractivity contribution in [1.29, 1.82) is 0 Å². The van der Waals surface area contributed by atoms with Gasteiger partial charge in [0, 0.05) is 31.7 Å². The zero-order valence-corrected chi connectivity index (χ0v) is 17.8. The summed E-state index contributed by atoms with van der Waals surface area (Å²) < 4.78 is 33.1. The number of nitrogens with one attached hydrogen (secondary N) is 1. The lowest BCUT2D eigenvalue weighted by molar-refractivity contribution is 0.0939. The molecule has 1 N–H and O–H groups in total. The van der Waals surface area contributed by atoms with Gasteiger partial charge in [-0.3, -0.25) is 4.79 Å². The highest BCUT2D eigenvalue weighted by atomic mass is 32.2. The first-order valence-electron chi connectivity index (χ1n) is 9.55. The first-order valence-corrected chi connectivity index (χ1v) is 11.0. The van der Waals surface area contributed by atoms with E-state index in [2.05, 4.69) is 10.2 Å². The molecule has 0 saturated carbocycles. The topological polar surface area (TPSA) is 78.9 Å². The van der Waals surface area contributed by atoms with Gasteiger partial charge >= 0.3 is 0 Å². The van der Waals surface area contributed by atoms with Crippen molar-refractivity contribution in [2.75, 3.05) is 40.3 Å². The van der Waals surface area contributed by atoms with Gasteiger partial charge in [-0.25, -0.2) is 8.42 Å². The second-order valence-corrected chi connectivity index (χ2v) is 9.09. The van der Waals surface area contributed by atoms with E-state index in [4.69, 9.17) is 4.74 Å². The average molecular weight is 418 g/mol. The molecule has 8 heteroatoms. The molecule has 2 aromatic rings. The number of benzene rings is 2. The molecule has 3 rings (SSSR count). The molecule has 1 fully saturated rings. The number of piperazine rings is 1. The summed E-state index contributed by atoms with van der Waals surface area (Å²) in [4.78, 5) is 14.9.